The molecule has 2 aliphatic rings. The first-order valence-electron chi connectivity index (χ1n) is 9.59. The van der Waals surface area contributed by atoms with E-state index in [4.69, 9.17) is 5.73 Å². The van der Waals surface area contributed by atoms with Gasteiger partial charge in [0.05, 0.1) is 0 Å². The van der Waals surface area contributed by atoms with Gasteiger partial charge < -0.3 is 10.6 Å². The average molecular weight is 349 g/mol. The molecule has 0 aliphatic carbocycles. The van der Waals surface area contributed by atoms with Crippen LogP contribution in [-0.2, 0) is 19.4 Å². The van der Waals surface area contributed by atoms with Crippen LogP contribution in [0.2, 0.25) is 0 Å². The number of fused-ring (bicyclic) bond motifs is 3. The van der Waals surface area contributed by atoms with Crippen LogP contribution in [0.5, 0.6) is 0 Å². The van der Waals surface area contributed by atoms with Crippen LogP contribution in [0.25, 0.3) is 5.70 Å². The fourth-order valence-electron chi connectivity index (χ4n) is 4.16. The molecule has 0 aromatic heterocycles. The van der Waals surface area contributed by atoms with Crippen LogP contribution in [0.3, 0.4) is 0 Å². The molecular weight excluding hydrogens is 316 g/mol. The SMILES string of the molecule is C=C(C)C1=CN2C(=CC1=C)c1cc(CC)c(CN)cc1CC2C(C)(C)C. The Labute approximate surface area is 158 Å². The molecule has 0 spiro atoms. The number of allylic oxidation sites excluding steroid dienone is 4. The van der Waals surface area contributed by atoms with Gasteiger partial charge in [-0.2, -0.15) is 0 Å². The standard InChI is InChI=1S/C24H32N2/c1-8-17-11-20-18(10-19(17)13-25)12-23(24(5,6)7)26-14-21(15(2)3)16(4)9-22(20)26/h9-11,14,23H,2,4,8,12-13,25H2,1,3,5-7H3. The molecule has 1 unspecified atom stereocenters. The Bertz CT molecular complexity index is 831. The Kier molecular flexibility index (Phi) is 4.74. The lowest BCUT2D eigenvalue weighted by Gasteiger charge is -2.47. The third kappa shape index (κ3) is 3.07. The van der Waals surface area contributed by atoms with Gasteiger partial charge in [0.1, 0.15) is 0 Å². The Hall–Kier alpha value is -2.06. The van der Waals surface area contributed by atoms with E-state index in [1.165, 1.54) is 28.0 Å². The largest absolute Gasteiger partial charge is 0.343 e. The summed E-state index contributed by atoms with van der Waals surface area (Å²) in [4.78, 5) is 2.46. The highest BCUT2D eigenvalue weighted by Gasteiger charge is 2.38. The van der Waals surface area contributed by atoms with Gasteiger partial charge in [0.25, 0.3) is 0 Å². The van der Waals surface area contributed by atoms with Gasteiger partial charge in [0.2, 0.25) is 0 Å². The van der Waals surface area contributed by atoms with Crippen LogP contribution in [0.4, 0.5) is 0 Å². The van der Waals surface area contributed by atoms with Crippen LogP contribution in [0, 0.1) is 5.41 Å². The summed E-state index contributed by atoms with van der Waals surface area (Å²) in [5.41, 5.74) is 16.1. The molecule has 1 aromatic carbocycles. The minimum Gasteiger partial charge on any atom is -0.343 e. The lowest BCUT2D eigenvalue weighted by atomic mass is 9.75. The monoisotopic (exact) mass is 348 g/mol. The van der Waals surface area contributed by atoms with Crippen molar-refractivity contribution >= 4 is 5.70 Å². The fraction of sp³-hybridized carbons (Fsp3) is 0.417. The van der Waals surface area contributed by atoms with Crippen molar-refractivity contribution in [1.82, 2.24) is 4.90 Å². The van der Waals surface area contributed by atoms with E-state index in [-0.39, 0.29) is 5.41 Å². The van der Waals surface area contributed by atoms with Gasteiger partial charge in [0.15, 0.2) is 0 Å². The molecule has 0 saturated carbocycles. The molecule has 1 aromatic rings. The van der Waals surface area contributed by atoms with Crippen molar-refractivity contribution in [3.63, 3.8) is 0 Å². The van der Waals surface area contributed by atoms with E-state index in [2.05, 4.69) is 77.1 Å². The van der Waals surface area contributed by atoms with Crippen LogP contribution in [0.1, 0.15) is 56.9 Å². The summed E-state index contributed by atoms with van der Waals surface area (Å²) in [6.07, 6.45) is 6.53. The molecule has 1 atom stereocenters. The highest BCUT2D eigenvalue weighted by molar-refractivity contribution is 5.77. The van der Waals surface area contributed by atoms with Crippen LogP contribution < -0.4 is 5.73 Å². The maximum atomic E-state index is 6.03. The molecule has 26 heavy (non-hydrogen) atoms. The molecule has 2 N–H and O–H groups in total. The highest BCUT2D eigenvalue weighted by Crippen LogP contribution is 2.44. The lowest BCUT2D eigenvalue weighted by molar-refractivity contribution is 0.189. The summed E-state index contributed by atoms with van der Waals surface area (Å²) in [7, 11) is 0. The first-order valence-corrected chi connectivity index (χ1v) is 9.59. The van der Waals surface area contributed by atoms with E-state index in [9.17, 15) is 0 Å². The van der Waals surface area contributed by atoms with E-state index in [0.717, 1.165) is 29.6 Å². The van der Waals surface area contributed by atoms with Crippen LogP contribution >= 0.6 is 0 Å². The van der Waals surface area contributed by atoms with Crippen molar-refractivity contribution in [3.05, 3.63) is 76.5 Å². The third-order valence-electron chi connectivity index (χ3n) is 5.71. The quantitative estimate of drug-likeness (QED) is 0.797. The number of hydrogen-bond acceptors (Lipinski definition) is 2. The van der Waals surface area contributed by atoms with Gasteiger partial charge in [-0.05, 0) is 70.7 Å². The maximum Gasteiger partial charge on any atom is 0.0491 e. The second-order valence-corrected chi connectivity index (χ2v) is 8.71. The van der Waals surface area contributed by atoms with E-state index in [1.54, 1.807) is 0 Å². The van der Waals surface area contributed by atoms with Crippen molar-refractivity contribution in [3.8, 4) is 0 Å². The normalized spacial score (nSPS) is 19.5. The molecule has 0 amide bonds. The molecule has 138 valence electrons. The Morgan fingerprint density at radius 3 is 2.50 bits per heavy atom. The van der Waals surface area contributed by atoms with E-state index < -0.39 is 0 Å². The third-order valence-corrected chi connectivity index (χ3v) is 5.71. The summed E-state index contributed by atoms with van der Waals surface area (Å²) in [5, 5.41) is 0. The Morgan fingerprint density at radius 1 is 1.27 bits per heavy atom. The summed E-state index contributed by atoms with van der Waals surface area (Å²) in [6.45, 7) is 20.3. The van der Waals surface area contributed by atoms with Crippen LogP contribution in [0.15, 0.2) is 54.3 Å². The minimum atomic E-state index is 0.151. The smallest absolute Gasteiger partial charge is 0.0491 e. The topological polar surface area (TPSA) is 29.3 Å². The van der Waals surface area contributed by atoms with E-state index in [1.807, 2.05) is 0 Å². The second kappa shape index (κ2) is 6.59. The predicted octanol–water partition coefficient (Wildman–Crippen LogP) is 5.35. The van der Waals surface area contributed by atoms with Crippen molar-refractivity contribution in [2.45, 2.75) is 60.0 Å². The van der Waals surface area contributed by atoms with Gasteiger partial charge in [-0.15, -0.1) is 0 Å². The summed E-state index contributed by atoms with van der Waals surface area (Å²) >= 11 is 0. The highest BCUT2D eigenvalue weighted by atomic mass is 15.2. The molecule has 2 aliphatic heterocycles. The average Bonchev–Trinajstić information content (AvgIpc) is 2.58. The van der Waals surface area contributed by atoms with Crippen molar-refractivity contribution in [2.75, 3.05) is 0 Å². The number of nitrogens with zero attached hydrogens (tertiary/aromatic N) is 1. The van der Waals surface area contributed by atoms with E-state index in [0.29, 0.717) is 12.6 Å². The van der Waals surface area contributed by atoms with Gasteiger partial charge in [-0.25, -0.2) is 0 Å². The molecule has 0 bridgehead atoms. The molecule has 0 fully saturated rings. The zero-order chi connectivity index (χ0) is 19.2. The minimum absolute atomic E-state index is 0.151. The number of aryl methyl sites for hydroxylation is 1. The molecule has 2 heterocycles. The van der Waals surface area contributed by atoms with E-state index >= 15 is 0 Å². The van der Waals surface area contributed by atoms with Crippen molar-refractivity contribution in [1.29, 1.82) is 0 Å². The number of benzene rings is 1. The Balaban J connectivity index is 2.22. The molecule has 2 heteroatoms. The zero-order valence-electron chi connectivity index (χ0n) is 16.9. The second-order valence-electron chi connectivity index (χ2n) is 8.71. The first kappa shape index (κ1) is 18.7. The Morgan fingerprint density at radius 2 is 1.96 bits per heavy atom. The van der Waals surface area contributed by atoms with Crippen molar-refractivity contribution < 1.29 is 0 Å². The number of rotatable bonds is 3. The molecule has 0 saturated heterocycles. The van der Waals surface area contributed by atoms with Gasteiger partial charge in [0, 0.05) is 30.0 Å². The molecule has 2 nitrogen and oxygen atoms in total. The number of nitrogens with two attached hydrogens (primary N) is 1. The summed E-state index contributed by atoms with van der Waals surface area (Å²) in [5.74, 6) is 0. The number of hydrogen-bond donors (Lipinski definition) is 1. The fourth-order valence-corrected chi connectivity index (χ4v) is 4.16. The summed E-state index contributed by atoms with van der Waals surface area (Å²) < 4.78 is 0. The molecular formula is C24H32N2. The van der Waals surface area contributed by atoms with Gasteiger partial charge >= 0.3 is 0 Å². The maximum absolute atomic E-state index is 6.03. The summed E-state index contributed by atoms with van der Waals surface area (Å²) in [6, 6.07) is 5.08. The lowest BCUT2D eigenvalue weighted by Crippen LogP contribution is -2.45. The predicted molar refractivity (Wildman–Crippen MR) is 113 cm³/mol. The zero-order valence-corrected chi connectivity index (χ0v) is 16.9. The molecule has 3 rings (SSSR count). The first-order chi connectivity index (χ1) is 12.2. The van der Waals surface area contributed by atoms with Crippen molar-refractivity contribution in [2.24, 2.45) is 11.1 Å². The van der Waals surface area contributed by atoms with Gasteiger partial charge in [-0.1, -0.05) is 46.9 Å². The molecule has 0 radical (unpaired) electrons. The van der Waals surface area contributed by atoms with Gasteiger partial charge in [-0.3, -0.25) is 0 Å². The van der Waals surface area contributed by atoms with Crippen LogP contribution in [-0.4, -0.2) is 10.9 Å².